The first-order valence-corrected chi connectivity index (χ1v) is 4.53. The molecule has 0 saturated heterocycles. The van der Waals surface area contributed by atoms with Crippen molar-refractivity contribution in [3.05, 3.63) is 0 Å². The molecule has 0 bridgehead atoms. The Morgan fingerprint density at radius 3 is 2.33 bits per heavy atom. The SMILES string of the molecule is NCCCCCCNI. The van der Waals surface area contributed by atoms with Gasteiger partial charge in [-0.05, 0) is 19.4 Å². The first kappa shape index (κ1) is 9.65. The van der Waals surface area contributed by atoms with Crippen LogP contribution in [-0.2, 0) is 0 Å². The number of hydrogen-bond acceptors (Lipinski definition) is 2. The van der Waals surface area contributed by atoms with Gasteiger partial charge in [0.1, 0.15) is 0 Å². The van der Waals surface area contributed by atoms with Crippen LogP contribution in [0.25, 0.3) is 0 Å². The summed E-state index contributed by atoms with van der Waals surface area (Å²) < 4.78 is 3.08. The van der Waals surface area contributed by atoms with Crippen LogP contribution in [0.4, 0.5) is 0 Å². The number of hydrogen-bond donors (Lipinski definition) is 2. The van der Waals surface area contributed by atoms with Crippen molar-refractivity contribution in [2.75, 3.05) is 13.1 Å². The van der Waals surface area contributed by atoms with E-state index in [4.69, 9.17) is 5.73 Å². The molecular formula is C6H15IN2. The van der Waals surface area contributed by atoms with Gasteiger partial charge in [-0.2, -0.15) is 0 Å². The molecule has 0 radical (unpaired) electrons. The van der Waals surface area contributed by atoms with E-state index in [0.717, 1.165) is 13.1 Å². The van der Waals surface area contributed by atoms with Gasteiger partial charge in [-0.25, -0.2) is 0 Å². The highest BCUT2D eigenvalue weighted by Gasteiger charge is 1.85. The molecule has 0 spiro atoms. The Hall–Kier alpha value is 0.650. The van der Waals surface area contributed by atoms with Gasteiger partial charge in [0.05, 0.1) is 0 Å². The third-order valence-electron chi connectivity index (χ3n) is 1.23. The summed E-state index contributed by atoms with van der Waals surface area (Å²) in [5.41, 5.74) is 5.33. The Kier molecular flexibility index (Phi) is 9.27. The highest BCUT2D eigenvalue weighted by Crippen LogP contribution is 1.96. The van der Waals surface area contributed by atoms with Crippen LogP contribution < -0.4 is 9.26 Å². The lowest BCUT2D eigenvalue weighted by Gasteiger charge is -1.96. The van der Waals surface area contributed by atoms with E-state index in [1.807, 2.05) is 0 Å². The summed E-state index contributed by atoms with van der Waals surface area (Å²) in [4.78, 5) is 0. The molecule has 0 atom stereocenters. The lowest BCUT2D eigenvalue weighted by Crippen LogP contribution is -2.01. The smallest absolute Gasteiger partial charge is 0.0169 e. The van der Waals surface area contributed by atoms with Gasteiger partial charge in [-0.3, -0.25) is 3.53 Å². The molecule has 0 unspecified atom stereocenters. The molecule has 0 rings (SSSR count). The van der Waals surface area contributed by atoms with Crippen LogP contribution in [0.2, 0.25) is 0 Å². The van der Waals surface area contributed by atoms with Gasteiger partial charge < -0.3 is 5.73 Å². The predicted octanol–water partition coefficient (Wildman–Crippen LogP) is 1.45. The van der Waals surface area contributed by atoms with Crippen LogP contribution >= 0.6 is 22.9 Å². The molecule has 0 aliphatic heterocycles. The van der Waals surface area contributed by atoms with Crippen molar-refractivity contribution in [2.45, 2.75) is 25.7 Å². The molecule has 0 amide bonds. The second kappa shape index (κ2) is 8.65. The fraction of sp³-hybridized carbons (Fsp3) is 1.00. The maximum absolute atomic E-state index is 5.33. The minimum absolute atomic E-state index is 0.845. The van der Waals surface area contributed by atoms with Crippen molar-refractivity contribution in [2.24, 2.45) is 5.73 Å². The van der Waals surface area contributed by atoms with Crippen molar-refractivity contribution in [1.82, 2.24) is 3.53 Å². The summed E-state index contributed by atoms with van der Waals surface area (Å²) >= 11 is 2.17. The Labute approximate surface area is 71.1 Å². The molecule has 0 aliphatic rings. The summed E-state index contributed by atoms with van der Waals surface area (Å²) in [5.74, 6) is 0. The zero-order valence-corrected chi connectivity index (χ0v) is 7.86. The summed E-state index contributed by atoms with van der Waals surface area (Å²) in [6.07, 6.45) is 5.06. The van der Waals surface area contributed by atoms with E-state index in [2.05, 4.69) is 26.4 Å². The maximum Gasteiger partial charge on any atom is 0.0169 e. The lowest BCUT2D eigenvalue weighted by molar-refractivity contribution is 0.647. The van der Waals surface area contributed by atoms with E-state index in [-0.39, 0.29) is 0 Å². The molecule has 56 valence electrons. The van der Waals surface area contributed by atoms with E-state index in [0.29, 0.717) is 0 Å². The number of unbranched alkanes of at least 4 members (excludes halogenated alkanes) is 3. The van der Waals surface area contributed by atoms with Gasteiger partial charge in [0.25, 0.3) is 0 Å². The molecule has 0 fully saturated rings. The Morgan fingerprint density at radius 1 is 1.11 bits per heavy atom. The number of nitrogens with two attached hydrogens (primary N) is 1. The zero-order valence-electron chi connectivity index (χ0n) is 5.70. The lowest BCUT2D eigenvalue weighted by atomic mass is 10.2. The average molecular weight is 242 g/mol. The van der Waals surface area contributed by atoms with Crippen molar-refractivity contribution in [3.63, 3.8) is 0 Å². The standard InChI is InChI=1S/C6H15IN2/c7-9-6-4-2-1-3-5-8/h9H,1-6,8H2. The Balaban J connectivity index is 2.60. The van der Waals surface area contributed by atoms with Crippen molar-refractivity contribution in [3.8, 4) is 0 Å². The molecule has 3 N–H and O–H groups in total. The predicted molar refractivity (Wildman–Crippen MR) is 49.5 cm³/mol. The number of nitrogens with one attached hydrogen (secondary N) is 1. The van der Waals surface area contributed by atoms with Gasteiger partial charge >= 0.3 is 0 Å². The molecule has 0 saturated carbocycles. The summed E-state index contributed by atoms with van der Waals surface area (Å²) in [7, 11) is 0. The third kappa shape index (κ3) is 8.65. The normalized spacial score (nSPS) is 10.0. The first-order chi connectivity index (χ1) is 4.41. The Morgan fingerprint density at radius 2 is 1.78 bits per heavy atom. The first-order valence-electron chi connectivity index (χ1n) is 3.45. The van der Waals surface area contributed by atoms with E-state index in [1.54, 1.807) is 0 Å². The molecule has 9 heavy (non-hydrogen) atoms. The van der Waals surface area contributed by atoms with Gasteiger partial charge in [0.2, 0.25) is 0 Å². The minimum atomic E-state index is 0.845. The summed E-state index contributed by atoms with van der Waals surface area (Å²) in [6, 6.07) is 0. The molecule has 0 aliphatic carbocycles. The number of halogens is 1. The maximum atomic E-state index is 5.33. The fourth-order valence-electron chi connectivity index (χ4n) is 0.690. The third-order valence-corrected chi connectivity index (χ3v) is 1.76. The molecule has 2 nitrogen and oxygen atoms in total. The highest BCUT2D eigenvalue weighted by molar-refractivity contribution is 14.1. The topological polar surface area (TPSA) is 38.0 Å². The van der Waals surface area contributed by atoms with Crippen LogP contribution in [0.15, 0.2) is 0 Å². The monoisotopic (exact) mass is 242 g/mol. The van der Waals surface area contributed by atoms with Crippen LogP contribution in [0.3, 0.4) is 0 Å². The second-order valence-electron chi connectivity index (χ2n) is 2.09. The van der Waals surface area contributed by atoms with Gasteiger partial charge in [0.15, 0.2) is 0 Å². The summed E-state index contributed by atoms with van der Waals surface area (Å²) in [6.45, 7) is 1.97. The van der Waals surface area contributed by atoms with E-state index >= 15 is 0 Å². The molecule has 0 aromatic rings. The Bertz CT molecular complexity index is 44.3. The second-order valence-corrected chi connectivity index (χ2v) is 2.85. The molecule has 0 aromatic carbocycles. The van der Waals surface area contributed by atoms with E-state index in [1.165, 1.54) is 25.7 Å². The van der Waals surface area contributed by atoms with Crippen molar-refractivity contribution in [1.29, 1.82) is 0 Å². The van der Waals surface area contributed by atoms with Crippen LogP contribution in [0, 0.1) is 0 Å². The average Bonchev–Trinajstić information content (AvgIpc) is 1.89. The highest BCUT2D eigenvalue weighted by atomic mass is 127. The quantitative estimate of drug-likeness (QED) is 0.420. The van der Waals surface area contributed by atoms with Gasteiger partial charge in [-0.15, -0.1) is 0 Å². The van der Waals surface area contributed by atoms with E-state index < -0.39 is 0 Å². The molecular weight excluding hydrogens is 227 g/mol. The largest absolute Gasteiger partial charge is 0.330 e. The van der Waals surface area contributed by atoms with Gasteiger partial charge in [0, 0.05) is 29.4 Å². The van der Waals surface area contributed by atoms with E-state index in [9.17, 15) is 0 Å². The van der Waals surface area contributed by atoms with Crippen LogP contribution in [0.5, 0.6) is 0 Å². The number of rotatable bonds is 6. The van der Waals surface area contributed by atoms with Gasteiger partial charge in [-0.1, -0.05) is 12.8 Å². The summed E-state index contributed by atoms with van der Waals surface area (Å²) in [5, 5.41) is 0. The van der Waals surface area contributed by atoms with Crippen molar-refractivity contribution < 1.29 is 0 Å². The van der Waals surface area contributed by atoms with Crippen LogP contribution in [0.1, 0.15) is 25.7 Å². The molecule has 0 heterocycles. The van der Waals surface area contributed by atoms with Crippen molar-refractivity contribution >= 4 is 22.9 Å². The molecule has 3 heteroatoms. The minimum Gasteiger partial charge on any atom is -0.330 e. The molecule has 0 aromatic heterocycles. The van der Waals surface area contributed by atoms with Crippen LogP contribution in [-0.4, -0.2) is 13.1 Å². The zero-order chi connectivity index (χ0) is 6.95. The fourth-order valence-corrected chi connectivity index (χ4v) is 1.07.